The second-order valence-corrected chi connectivity index (χ2v) is 5.25. The van der Waals surface area contributed by atoms with Crippen molar-refractivity contribution in [1.29, 1.82) is 0 Å². The third-order valence-corrected chi connectivity index (χ3v) is 3.71. The summed E-state index contributed by atoms with van der Waals surface area (Å²) >= 11 is 0. The van der Waals surface area contributed by atoms with Crippen molar-refractivity contribution in [1.82, 2.24) is 4.90 Å². The van der Waals surface area contributed by atoms with Crippen LogP contribution in [0, 0.1) is 0 Å². The molecule has 1 unspecified atom stereocenters. The van der Waals surface area contributed by atoms with E-state index in [0.717, 1.165) is 26.2 Å². The van der Waals surface area contributed by atoms with Crippen molar-refractivity contribution in [2.45, 2.75) is 25.8 Å². The number of methoxy groups -OCH3 is 1. The summed E-state index contributed by atoms with van der Waals surface area (Å²) in [6.07, 6.45) is 0. The molecule has 0 aliphatic carbocycles. The number of nitrogens with zero attached hydrogens (tertiary/aromatic N) is 1. The van der Waals surface area contributed by atoms with Gasteiger partial charge in [0.15, 0.2) is 0 Å². The van der Waals surface area contributed by atoms with Crippen LogP contribution in [0.5, 0.6) is 0 Å². The number of ether oxygens (including phenoxy) is 1. The molecule has 1 aliphatic heterocycles. The third-order valence-electron chi connectivity index (χ3n) is 3.71. The Bertz CT molecular complexity index is 379. The van der Waals surface area contributed by atoms with Crippen LogP contribution in [-0.4, -0.2) is 44.3 Å². The van der Waals surface area contributed by atoms with Crippen molar-refractivity contribution >= 4 is 5.69 Å². The van der Waals surface area contributed by atoms with Gasteiger partial charge >= 0.3 is 0 Å². The van der Waals surface area contributed by atoms with Crippen LogP contribution in [0.4, 0.5) is 5.69 Å². The maximum Gasteiger partial charge on any atom is 0.0589 e. The number of nitrogens with one attached hydrogen (secondary N) is 1. The van der Waals surface area contributed by atoms with Crippen molar-refractivity contribution in [3.63, 3.8) is 0 Å². The van der Waals surface area contributed by atoms with Crippen molar-refractivity contribution in [3.8, 4) is 0 Å². The quantitative estimate of drug-likeness (QED) is 0.837. The predicted octanol–water partition coefficient (Wildman–Crippen LogP) is 2.55. The summed E-state index contributed by atoms with van der Waals surface area (Å²) in [5.41, 5.74) is 2.76. The molecule has 100 valence electrons. The van der Waals surface area contributed by atoms with E-state index in [9.17, 15) is 0 Å². The fraction of sp³-hybridized carbons (Fsp3) is 0.600. The van der Waals surface area contributed by atoms with E-state index in [4.69, 9.17) is 4.74 Å². The van der Waals surface area contributed by atoms with Crippen LogP contribution in [0.1, 0.15) is 25.3 Å². The molecule has 0 aromatic heterocycles. The van der Waals surface area contributed by atoms with E-state index in [1.807, 2.05) is 0 Å². The minimum absolute atomic E-state index is 0.563. The van der Waals surface area contributed by atoms with E-state index >= 15 is 0 Å². The van der Waals surface area contributed by atoms with E-state index in [1.165, 1.54) is 11.3 Å². The Kier molecular flexibility index (Phi) is 4.61. The van der Waals surface area contributed by atoms with Crippen LogP contribution in [0.3, 0.4) is 0 Å². The van der Waals surface area contributed by atoms with Gasteiger partial charge in [-0.15, -0.1) is 0 Å². The van der Waals surface area contributed by atoms with Gasteiger partial charge in [0, 0.05) is 44.4 Å². The molecule has 0 fully saturated rings. The number of benzene rings is 1. The zero-order chi connectivity index (χ0) is 13.0. The number of hydrogen-bond acceptors (Lipinski definition) is 3. The molecule has 0 radical (unpaired) electrons. The molecule has 1 heterocycles. The highest BCUT2D eigenvalue weighted by atomic mass is 16.5. The first-order valence-corrected chi connectivity index (χ1v) is 6.78. The first-order chi connectivity index (χ1) is 8.72. The summed E-state index contributed by atoms with van der Waals surface area (Å²) < 4.78 is 5.20. The molecule has 1 aromatic rings. The van der Waals surface area contributed by atoms with Crippen molar-refractivity contribution < 1.29 is 4.74 Å². The SMILES string of the molecule is COCCN(CC1CNc2ccccc21)C(C)C. The lowest BCUT2D eigenvalue weighted by Crippen LogP contribution is -2.37. The zero-order valence-corrected chi connectivity index (χ0v) is 11.6. The normalized spacial score (nSPS) is 18.2. The van der Waals surface area contributed by atoms with Gasteiger partial charge in [-0.05, 0) is 25.5 Å². The monoisotopic (exact) mass is 248 g/mol. The van der Waals surface area contributed by atoms with Gasteiger partial charge in [-0.2, -0.15) is 0 Å². The van der Waals surface area contributed by atoms with Crippen LogP contribution < -0.4 is 5.32 Å². The van der Waals surface area contributed by atoms with Gasteiger partial charge in [0.05, 0.1) is 6.61 Å². The van der Waals surface area contributed by atoms with Gasteiger partial charge in [-0.25, -0.2) is 0 Å². The first kappa shape index (κ1) is 13.4. The number of anilines is 1. The summed E-state index contributed by atoms with van der Waals surface area (Å²) in [5.74, 6) is 0.598. The Morgan fingerprint density at radius 1 is 1.39 bits per heavy atom. The van der Waals surface area contributed by atoms with Gasteiger partial charge in [0.2, 0.25) is 0 Å². The lowest BCUT2D eigenvalue weighted by molar-refractivity contribution is 0.126. The first-order valence-electron chi connectivity index (χ1n) is 6.78. The highest BCUT2D eigenvalue weighted by Crippen LogP contribution is 2.31. The van der Waals surface area contributed by atoms with Crippen LogP contribution in [0.25, 0.3) is 0 Å². The fourth-order valence-electron chi connectivity index (χ4n) is 2.57. The van der Waals surface area contributed by atoms with Crippen LogP contribution in [0.15, 0.2) is 24.3 Å². The second kappa shape index (κ2) is 6.21. The standard InChI is InChI=1S/C15H24N2O/c1-12(2)17(8-9-18-3)11-13-10-16-15-7-5-4-6-14(13)15/h4-7,12-13,16H,8-11H2,1-3H3. The molecule has 0 spiro atoms. The van der Waals surface area contributed by atoms with E-state index < -0.39 is 0 Å². The maximum absolute atomic E-state index is 5.20. The highest BCUT2D eigenvalue weighted by molar-refractivity contribution is 5.57. The molecule has 3 heteroatoms. The zero-order valence-electron chi connectivity index (χ0n) is 11.6. The molecule has 2 rings (SSSR count). The van der Waals surface area contributed by atoms with Gasteiger partial charge in [0.25, 0.3) is 0 Å². The smallest absolute Gasteiger partial charge is 0.0589 e. The lowest BCUT2D eigenvalue weighted by Gasteiger charge is -2.29. The largest absolute Gasteiger partial charge is 0.384 e. The minimum atomic E-state index is 0.563. The van der Waals surface area contributed by atoms with Crippen LogP contribution in [-0.2, 0) is 4.74 Å². The predicted molar refractivity (Wildman–Crippen MR) is 76.3 cm³/mol. The Labute approximate surface area is 110 Å². The lowest BCUT2D eigenvalue weighted by atomic mass is 10.0. The van der Waals surface area contributed by atoms with E-state index in [-0.39, 0.29) is 0 Å². The van der Waals surface area contributed by atoms with Crippen molar-refractivity contribution in [2.24, 2.45) is 0 Å². The van der Waals surface area contributed by atoms with Gasteiger partial charge in [-0.3, -0.25) is 4.90 Å². The maximum atomic E-state index is 5.20. The van der Waals surface area contributed by atoms with E-state index in [0.29, 0.717) is 12.0 Å². The summed E-state index contributed by atoms with van der Waals surface area (Å²) in [6.45, 7) is 8.47. The molecule has 0 amide bonds. The Balaban J connectivity index is 2.00. The average molecular weight is 248 g/mol. The van der Waals surface area contributed by atoms with E-state index in [2.05, 4.69) is 48.3 Å². The molecule has 1 aliphatic rings. The number of para-hydroxylation sites is 1. The Morgan fingerprint density at radius 3 is 2.89 bits per heavy atom. The van der Waals surface area contributed by atoms with Crippen LogP contribution >= 0.6 is 0 Å². The van der Waals surface area contributed by atoms with Gasteiger partial charge in [-0.1, -0.05) is 18.2 Å². The minimum Gasteiger partial charge on any atom is -0.384 e. The molecule has 0 bridgehead atoms. The average Bonchev–Trinajstić information content (AvgIpc) is 2.77. The fourth-order valence-corrected chi connectivity index (χ4v) is 2.57. The highest BCUT2D eigenvalue weighted by Gasteiger charge is 2.24. The third kappa shape index (κ3) is 3.03. The molecular weight excluding hydrogens is 224 g/mol. The molecule has 0 saturated carbocycles. The molecule has 1 aromatic carbocycles. The van der Waals surface area contributed by atoms with Crippen LogP contribution in [0.2, 0.25) is 0 Å². The molecule has 1 N–H and O–H groups in total. The van der Waals surface area contributed by atoms with Crippen molar-refractivity contribution in [2.75, 3.05) is 38.7 Å². The number of fused-ring (bicyclic) bond motifs is 1. The second-order valence-electron chi connectivity index (χ2n) is 5.25. The van der Waals surface area contributed by atoms with Gasteiger partial charge in [0.1, 0.15) is 0 Å². The van der Waals surface area contributed by atoms with Crippen molar-refractivity contribution in [3.05, 3.63) is 29.8 Å². The number of rotatable bonds is 6. The molecule has 0 saturated heterocycles. The summed E-state index contributed by atoms with van der Waals surface area (Å²) in [7, 11) is 1.77. The topological polar surface area (TPSA) is 24.5 Å². The molecular formula is C15H24N2O. The molecule has 1 atom stereocenters. The van der Waals surface area contributed by atoms with Gasteiger partial charge < -0.3 is 10.1 Å². The summed E-state index contributed by atoms with van der Waals surface area (Å²) in [6, 6.07) is 9.21. The number of hydrogen-bond donors (Lipinski definition) is 1. The Morgan fingerprint density at radius 2 is 2.17 bits per heavy atom. The molecule has 18 heavy (non-hydrogen) atoms. The Hall–Kier alpha value is -1.06. The van der Waals surface area contributed by atoms with E-state index in [1.54, 1.807) is 7.11 Å². The summed E-state index contributed by atoms with van der Waals surface area (Å²) in [5, 5.41) is 3.49. The molecule has 3 nitrogen and oxygen atoms in total. The summed E-state index contributed by atoms with van der Waals surface area (Å²) in [4.78, 5) is 2.50.